The summed E-state index contributed by atoms with van der Waals surface area (Å²) in [6.45, 7) is 8.17. The van der Waals surface area contributed by atoms with Gasteiger partial charge in [0.25, 0.3) is 0 Å². The summed E-state index contributed by atoms with van der Waals surface area (Å²) in [6.07, 6.45) is 1.17. The maximum absolute atomic E-state index is 5.19. The van der Waals surface area contributed by atoms with E-state index in [2.05, 4.69) is 41.7 Å². The van der Waals surface area contributed by atoms with Crippen molar-refractivity contribution in [2.75, 3.05) is 6.54 Å². The van der Waals surface area contributed by atoms with Crippen LogP contribution in [-0.4, -0.2) is 11.7 Å². The summed E-state index contributed by atoms with van der Waals surface area (Å²) in [5, 5.41) is 7.40. The molecule has 20 heavy (non-hydrogen) atoms. The molecule has 0 aliphatic carbocycles. The first-order chi connectivity index (χ1) is 9.70. The number of nitrogens with zero attached hydrogens (tertiary/aromatic N) is 1. The number of thioether (sulfide) groups is 1. The Hall–Kier alpha value is -1.26. The second-order valence-corrected chi connectivity index (χ2v) is 5.96. The van der Waals surface area contributed by atoms with E-state index in [9.17, 15) is 0 Å². The number of hydrogen-bond acceptors (Lipinski definition) is 4. The fourth-order valence-corrected chi connectivity index (χ4v) is 3.03. The molecule has 0 bridgehead atoms. The predicted molar refractivity (Wildman–Crippen MR) is 84.0 cm³/mol. The maximum atomic E-state index is 5.19. The highest BCUT2D eigenvalue weighted by Crippen LogP contribution is 2.26. The second-order valence-electron chi connectivity index (χ2n) is 4.91. The lowest BCUT2D eigenvalue weighted by molar-refractivity contribution is 0.392. The highest BCUT2D eigenvalue weighted by Gasteiger charge is 2.09. The van der Waals surface area contributed by atoms with Crippen molar-refractivity contribution in [3.63, 3.8) is 0 Å². The quantitative estimate of drug-likeness (QED) is 0.616. The Morgan fingerprint density at radius 1 is 1.20 bits per heavy atom. The minimum absolute atomic E-state index is 0.911. The van der Waals surface area contributed by atoms with Gasteiger partial charge in [0.15, 0.2) is 0 Å². The van der Waals surface area contributed by atoms with E-state index in [1.807, 2.05) is 25.6 Å². The van der Waals surface area contributed by atoms with Crippen molar-refractivity contribution >= 4 is 11.8 Å². The predicted octanol–water partition coefficient (Wildman–Crippen LogP) is 4.08. The van der Waals surface area contributed by atoms with E-state index < -0.39 is 0 Å². The molecule has 0 saturated heterocycles. The third-order valence-corrected chi connectivity index (χ3v) is 4.28. The average Bonchev–Trinajstić information content (AvgIpc) is 2.78. The van der Waals surface area contributed by atoms with Crippen LogP contribution in [-0.2, 0) is 12.3 Å². The van der Waals surface area contributed by atoms with Gasteiger partial charge in [-0.25, -0.2) is 0 Å². The van der Waals surface area contributed by atoms with Gasteiger partial charge >= 0.3 is 0 Å². The van der Waals surface area contributed by atoms with E-state index >= 15 is 0 Å². The van der Waals surface area contributed by atoms with E-state index in [0.717, 1.165) is 30.3 Å². The Balaban J connectivity index is 1.88. The van der Waals surface area contributed by atoms with Gasteiger partial charge in [0.2, 0.25) is 0 Å². The SMILES string of the molecule is CCCNCc1ccc(SCc2c(C)noc2C)cc1. The first-order valence-corrected chi connectivity index (χ1v) is 8.03. The molecular formula is C16H22N2OS. The molecule has 0 unspecified atom stereocenters. The first-order valence-electron chi connectivity index (χ1n) is 7.05. The molecule has 1 heterocycles. The van der Waals surface area contributed by atoms with Crippen LogP contribution in [0, 0.1) is 13.8 Å². The van der Waals surface area contributed by atoms with Crippen molar-refractivity contribution in [3.8, 4) is 0 Å². The van der Waals surface area contributed by atoms with Crippen LogP contribution in [0.15, 0.2) is 33.7 Å². The van der Waals surface area contributed by atoms with Gasteiger partial charge in [-0.2, -0.15) is 0 Å². The lowest BCUT2D eigenvalue weighted by Gasteiger charge is -2.05. The number of benzene rings is 1. The van der Waals surface area contributed by atoms with Gasteiger partial charge in [0.1, 0.15) is 5.76 Å². The van der Waals surface area contributed by atoms with E-state index in [4.69, 9.17) is 4.52 Å². The minimum Gasteiger partial charge on any atom is -0.361 e. The number of aromatic nitrogens is 1. The first kappa shape index (κ1) is 15.1. The molecule has 1 aromatic heterocycles. The highest BCUT2D eigenvalue weighted by atomic mass is 32.2. The minimum atomic E-state index is 0.911. The van der Waals surface area contributed by atoms with Crippen molar-refractivity contribution < 1.29 is 4.52 Å². The fraction of sp³-hybridized carbons (Fsp3) is 0.438. The van der Waals surface area contributed by atoms with Gasteiger partial charge < -0.3 is 9.84 Å². The summed E-state index contributed by atoms with van der Waals surface area (Å²) in [5.41, 5.74) is 3.54. The molecule has 0 amide bonds. The molecule has 1 N–H and O–H groups in total. The Labute approximate surface area is 125 Å². The molecule has 0 aliphatic rings. The monoisotopic (exact) mass is 290 g/mol. The van der Waals surface area contributed by atoms with Crippen molar-refractivity contribution in [2.24, 2.45) is 0 Å². The molecule has 0 spiro atoms. The molecular weight excluding hydrogens is 268 g/mol. The molecule has 0 atom stereocenters. The van der Waals surface area contributed by atoms with Gasteiger partial charge in [-0.1, -0.05) is 24.2 Å². The topological polar surface area (TPSA) is 38.1 Å². The summed E-state index contributed by atoms with van der Waals surface area (Å²) < 4.78 is 5.19. The summed E-state index contributed by atoms with van der Waals surface area (Å²) in [5.74, 6) is 1.84. The Morgan fingerprint density at radius 3 is 2.55 bits per heavy atom. The van der Waals surface area contributed by atoms with E-state index in [1.54, 1.807) is 0 Å². The van der Waals surface area contributed by atoms with E-state index in [1.165, 1.54) is 22.4 Å². The van der Waals surface area contributed by atoms with Gasteiger partial charge in [0.05, 0.1) is 5.69 Å². The third kappa shape index (κ3) is 4.12. The van der Waals surface area contributed by atoms with Gasteiger partial charge in [0, 0.05) is 22.8 Å². The smallest absolute Gasteiger partial charge is 0.137 e. The third-order valence-electron chi connectivity index (χ3n) is 3.24. The lowest BCUT2D eigenvalue weighted by atomic mass is 10.2. The Morgan fingerprint density at radius 2 is 1.95 bits per heavy atom. The van der Waals surface area contributed by atoms with Crippen molar-refractivity contribution in [2.45, 2.75) is 44.4 Å². The number of hydrogen-bond donors (Lipinski definition) is 1. The summed E-state index contributed by atoms with van der Waals surface area (Å²) >= 11 is 1.82. The number of aryl methyl sites for hydroxylation is 2. The lowest BCUT2D eigenvalue weighted by Crippen LogP contribution is -2.13. The van der Waals surface area contributed by atoms with Gasteiger partial charge in [-0.05, 0) is 44.5 Å². The molecule has 3 nitrogen and oxygen atoms in total. The maximum Gasteiger partial charge on any atom is 0.137 e. The molecule has 108 valence electrons. The summed E-state index contributed by atoms with van der Waals surface area (Å²) in [6, 6.07) is 8.76. The molecule has 2 aromatic rings. The van der Waals surface area contributed by atoms with Crippen molar-refractivity contribution in [1.82, 2.24) is 10.5 Å². The van der Waals surface area contributed by atoms with Crippen molar-refractivity contribution in [1.29, 1.82) is 0 Å². The van der Waals surface area contributed by atoms with Crippen LogP contribution in [0.4, 0.5) is 0 Å². The zero-order valence-corrected chi connectivity index (χ0v) is 13.2. The molecule has 0 fully saturated rings. The fourth-order valence-electron chi connectivity index (χ4n) is 1.98. The molecule has 0 aliphatic heterocycles. The number of rotatable bonds is 7. The Kier molecular flexibility index (Phi) is 5.68. The summed E-state index contributed by atoms with van der Waals surface area (Å²) in [7, 11) is 0. The zero-order chi connectivity index (χ0) is 14.4. The van der Waals surface area contributed by atoms with Gasteiger partial charge in [-0.15, -0.1) is 11.8 Å². The highest BCUT2D eigenvalue weighted by molar-refractivity contribution is 7.98. The van der Waals surface area contributed by atoms with Gasteiger partial charge in [-0.3, -0.25) is 0 Å². The average molecular weight is 290 g/mol. The standard InChI is InChI=1S/C16H22N2OS/c1-4-9-17-10-14-5-7-15(8-6-14)20-11-16-12(2)18-19-13(16)3/h5-8,17H,4,9-11H2,1-3H3. The molecule has 0 saturated carbocycles. The van der Waals surface area contributed by atoms with Crippen LogP contribution in [0.25, 0.3) is 0 Å². The molecule has 1 aromatic carbocycles. The van der Waals surface area contributed by atoms with E-state index in [-0.39, 0.29) is 0 Å². The normalized spacial score (nSPS) is 10.9. The van der Waals surface area contributed by atoms with Crippen LogP contribution in [0.2, 0.25) is 0 Å². The van der Waals surface area contributed by atoms with Crippen LogP contribution in [0.5, 0.6) is 0 Å². The second kappa shape index (κ2) is 7.50. The van der Waals surface area contributed by atoms with Crippen LogP contribution in [0.1, 0.15) is 35.9 Å². The van der Waals surface area contributed by atoms with Crippen LogP contribution in [0.3, 0.4) is 0 Å². The molecule has 2 rings (SSSR count). The van der Waals surface area contributed by atoms with Crippen LogP contribution < -0.4 is 5.32 Å². The largest absolute Gasteiger partial charge is 0.361 e. The summed E-state index contributed by atoms with van der Waals surface area (Å²) in [4.78, 5) is 1.28. The van der Waals surface area contributed by atoms with Crippen molar-refractivity contribution in [3.05, 3.63) is 46.8 Å². The molecule has 4 heteroatoms. The Bertz CT molecular complexity index is 514. The molecule has 0 radical (unpaired) electrons. The zero-order valence-electron chi connectivity index (χ0n) is 12.4. The van der Waals surface area contributed by atoms with E-state index in [0.29, 0.717) is 0 Å². The number of nitrogens with one attached hydrogen (secondary N) is 1. The van der Waals surface area contributed by atoms with Crippen LogP contribution >= 0.6 is 11.8 Å².